The molecule has 0 radical (unpaired) electrons. The van der Waals surface area contributed by atoms with E-state index in [-0.39, 0.29) is 13.1 Å². The lowest BCUT2D eigenvalue weighted by Crippen LogP contribution is -2.60. The average Bonchev–Trinajstić information content (AvgIpc) is 2.28. The van der Waals surface area contributed by atoms with Gasteiger partial charge in [0.05, 0.1) is 0 Å². The predicted molar refractivity (Wildman–Crippen MR) is 54.0 cm³/mol. The van der Waals surface area contributed by atoms with Crippen LogP contribution in [0.4, 0.5) is 0 Å². The molecule has 1 heterocycles. The van der Waals surface area contributed by atoms with E-state index in [2.05, 4.69) is 0 Å². The minimum absolute atomic E-state index is 0.106. The van der Waals surface area contributed by atoms with E-state index in [9.17, 15) is 19.2 Å². The molecule has 88 valence electrons. The molecule has 16 heavy (non-hydrogen) atoms. The van der Waals surface area contributed by atoms with E-state index in [1.54, 1.807) is 13.8 Å². The van der Waals surface area contributed by atoms with E-state index in [0.717, 1.165) is 9.80 Å². The Morgan fingerprint density at radius 3 is 1.12 bits per heavy atom. The van der Waals surface area contributed by atoms with E-state index < -0.39 is 23.6 Å². The molecule has 0 aromatic rings. The van der Waals surface area contributed by atoms with Crippen LogP contribution in [0.3, 0.4) is 0 Å². The van der Waals surface area contributed by atoms with Crippen molar-refractivity contribution in [2.24, 2.45) is 0 Å². The van der Waals surface area contributed by atoms with Gasteiger partial charge in [-0.15, -0.1) is 0 Å². The summed E-state index contributed by atoms with van der Waals surface area (Å²) in [6.07, 6.45) is 1.04. The van der Waals surface area contributed by atoms with Gasteiger partial charge in [0.1, 0.15) is 0 Å². The number of carbonyl (C=O) groups is 4. The molecule has 0 spiro atoms. The summed E-state index contributed by atoms with van der Waals surface area (Å²) >= 11 is 0. The number of hydrogen-bond acceptors (Lipinski definition) is 4. The SMILES string of the molecule is CCCN1C(=O)C(=O)N(CCC)C(=O)C1=O. The van der Waals surface area contributed by atoms with Gasteiger partial charge in [-0.05, 0) is 12.8 Å². The number of hydrogen-bond donors (Lipinski definition) is 0. The van der Waals surface area contributed by atoms with Crippen LogP contribution in [-0.4, -0.2) is 46.5 Å². The molecule has 0 aromatic carbocycles. The minimum atomic E-state index is -0.903. The van der Waals surface area contributed by atoms with Gasteiger partial charge in [-0.3, -0.25) is 29.0 Å². The van der Waals surface area contributed by atoms with E-state index in [0.29, 0.717) is 12.8 Å². The molecule has 0 saturated carbocycles. The van der Waals surface area contributed by atoms with E-state index in [1.165, 1.54) is 0 Å². The van der Waals surface area contributed by atoms with Crippen molar-refractivity contribution in [3.8, 4) is 0 Å². The molecule has 1 fully saturated rings. The Kier molecular flexibility index (Phi) is 3.76. The first-order chi connectivity index (χ1) is 7.54. The fraction of sp³-hybridized carbons (Fsp3) is 0.600. The highest BCUT2D eigenvalue weighted by atomic mass is 16.2. The van der Waals surface area contributed by atoms with Crippen molar-refractivity contribution in [3.05, 3.63) is 0 Å². The van der Waals surface area contributed by atoms with Crippen LogP contribution in [0.2, 0.25) is 0 Å². The van der Waals surface area contributed by atoms with Crippen molar-refractivity contribution in [1.82, 2.24) is 9.80 Å². The number of amides is 4. The zero-order valence-electron chi connectivity index (χ0n) is 9.36. The van der Waals surface area contributed by atoms with Crippen molar-refractivity contribution in [2.45, 2.75) is 26.7 Å². The lowest BCUT2D eigenvalue weighted by molar-refractivity contribution is -0.171. The zero-order valence-corrected chi connectivity index (χ0v) is 9.36. The zero-order chi connectivity index (χ0) is 12.3. The van der Waals surface area contributed by atoms with Crippen molar-refractivity contribution in [2.75, 3.05) is 13.1 Å². The van der Waals surface area contributed by atoms with Gasteiger partial charge in [-0.25, -0.2) is 0 Å². The maximum Gasteiger partial charge on any atom is 0.319 e. The molecule has 4 amide bonds. The standard InChI is InChI=1S/C10H14N2O4/c1-3-5-11-7(13)9(15)12(6-4-2)10(16)8(11)14/h3-6H2,1-2H3. The minimum Gasteiger partial charge on any atom is -0.266 e. The molecule has 0 aromatic heterocycles. The summed E-state index contributed by atoms with van der Waals surface area (Å²) < 4.78 is 0. The van der Waals surface area contributed by atoms with Gasteiger partial charge in [-0.1, -0.05) is 13.8 Å². The van der Waals surface area contributed by atoms with Crippen LogP contribution < -0.4 is 0 Å². The van der Waals surface area contributed by atoms with Gasteiger partial charge in [-0.2, -0.15) is 0 Å². The maximum absolute atomic E-state index is 11.5. The Morgan fingerprint density at radius 2 is 0.938 bits per heavy atom. The highest BCUT2D eigenvalue weighted by Crippen LogP contribution is 2.09. The summed E-state index contributed by atoms with van der Waals surface area (Å²) in [5.74, 6) is -3.61. The molecule has 1 rings (SSSR count). The fourth-order valence-corrected chi connectivity index (χ4v) is 1.50. The van der Waals surface area contributed by atoms with Crippen LogP contribution in [0.25, 0.3) is 0 Å². The molecule has 0 N–H and O–H groups in total. The maximum atomic E-state index is 11.5. The second-order valence-corrected chi connectivity index (χ2v) is 3.52. The van der Waals surface area contributed by atoms with Gasteiger partial charge >= 0.3 is 23.6 Å². The van der Waals surface area contributed by atoms with Gasteiger partial charge in [0.25, 0.3) is 0 Å². The molecule has 0 atom stereocenters. The Balaban J connectivity index is 2.95. The normalized spacial score (nSPS) is 17.4. The Labute approximate surface area is 93.2 Å². The fourth-order valence-electron chi connectivity index (χ4n) is 1.50. The number of imide groups is 2. The van der Waals surface area contributed by atoms with Crippen molar-refractivity contribution < 1.29 is 19.2 Å². The number of nitrogens with zero attached hydrogens (tertiary/aromatic N) is 2. The summed E-state index contributed by atoms with van der Waals surface area (Å²) in [6.45, 7) is 3.73. The Hall–Kier alpha value is -1.72. The van der Waals surface area contributed by atoms with Crippen molar-refractivity contribution >= 4 is 23.6 Å². The first-order valence-electron chi connectivity index (χ1n) is 5.26. The molecule has 1 saturated heterocycles. The average molecular weight is 226 g/mol. The Bertz CT molecular complexity index is 289. The third kappa shape index (κ3) is 1.95. The molecule has 0 unspecified atom stereocenters. The molecular formula is C10H14N2O4. The number of piperazine rings is 1. The molecule has 0 aliphatic carbocycles. The van der Waals surface area contributed by atoms with E-state index >= 15 is 0 Å². The van der Waals surface area contributed by atoms with Crippen LogP contribution in [0, 0.1) is 0 Å². The molecular weight excluding hydrogens is 212 g/mol. The summed E-state index contributed by atoms with van der Waals surface area (Å²) in [7, 11) is 0. The molecule has 1 aliphatic heterocycles. The predicted octanol–water partition coefficient (Wildman–Crippen LogP) is -0.470. The summed E-state index contributed by atoms with van der Waals surface area (Å²) in [5, 5.41) is 0. The van der Waals surface area contributed by atoms with Gasteiger partial charge in [0.2, 0.25) is 0 Å². The van der Waals surface area contributed by atoms with Gasteiger partial charge in [0, 0.05) is 13.1 Å². The topological polar surface area (TPSA) is 74.8 Å². The molecule has 0 bridgehead atoms. The first kappa shape index (κ1) is 12.4. The number of rotatable bonds is 4. The van der Waals surface area contributed by atoms with Crippen LogP contribution >= 0.6 is 0 Å². The summed E-state index contributed by atoms with van der Waals surface area (Å²) in [4.78, 5) is 47.5. The van der Waals surface area contributed by atoms with Crippen LogP contribution in [0.15, 0.2) is 0 Å². The van der Waals surface area contributed by atoms with E-state index in [4.69, 9.17) is 0 Å². The molecule has 6 nitrogen and oxygen atoms in total. The highest BCUT2D eigenvalue weighted by Gasteiger charge is 2.43. The lowest BCUT2D eigenvalue weighted by Gasteiger charge is -2.29. The quantitative estimate of drug-likeness (QED) is 0.480. The summed E-state index contributed by atoms with van der Waals surface area (Å²) in [6, 6.07) is 0. The van der Waals surface area contributed by atoms with Crippen LogP contribution in [0.1, 0.15) is 26.7 Å². The smallest absolute Gasteiger partial charge is 0.266 e. The van der Waals surface area contributed by atoms with Gasteiger partial charge < -0.3 is 0 Å². The third-order valence-corrected chi connectivity index (χ3v) is 2.24. The lowest BCUT2D eigenvalue weighted by atomic mass is 10.2. The largest absolute Gasteiger partial charge is 0.319 e. The van der Waals surface area contributed by atoms with Gasteiger partial charge in [0.15, 0.2) is 0 Å². The first-order valence-corrected chi connectivity index (χ1v) is 5.26. The monoisotopic (exact) mass is 226 g/mol. The number of carbonyl (C=O) groups excluding carboxylic acids is 4. The van der Waals surface area contributed by atoms with Crippen LogP contribution in [-0.2, 0) is 19.2 Å². The second kappa shape index (κ2) is 4.87. The van der Waals surface area contributed by atoms with Crippen LogP contribution in [0.5, 0.6) is 0 Å². The third-order valence-electron chi connectivity index (χ3n) is 2.24. The molecule has 1 aliphatic rings. The van der Waals surface area contributed by atoms with Crippen molar-refractivity contribution in [3.63, 3.8) is 0 Å². The van der Waals surface area contributed by atoms with E-state index in [1.807, 2.05) is 0 Å². The second-order valence-electron chi connectivity index (χ2n) is 3.52. The molecule has 6 heteroatoms. The Morgan fingerprint density at radius 1 is 0.688 bits per heavy atom. The summed E-state index contributed by atoms with van der Waals surface area (Å²) in [5.41, 5.74) is 0. The van der Waals surface area contributed by atoms with Crippen molar-refractivity contribution in [1.29, 1.82) is 0 Å². The highest BCUT2D eigenvalue weighted by molar-refractivity contribution is 6.54.